The second kappa shape index (κ2) is 11.5. The van der Waals surface area contributed by atoms with Crippen LogP contribution in [0.1, 0.15) is 0 Å². The maximum absolute atomic E-state index is 5.96. The van der Waals surface area contributed by atoms with E-state index in [-0.39, 0.29) is 0 Å². The van der Waals surface area contributed by atoms with Gasteiger partial charge in [0.15, 0.2) is 0 Å². The molecule has 0 saturated heterocycles. The van der Waals surface area contributed by atoms with Gasteiger partial charge in [-0.05, 0) is 121 Å². The van der Waals surface area contributed by atoms with Gasteiger partial charge in [-0.3, -0.25) is 0 Å². The zero-order valence-electron chi connectivity index (χ0n) is 20.5. The minimum absolute atomic E-state index is 0.714. The number of nitrogens with two attached hydrogens (primary N) is 2. The third kappa shape index (κ3) is 6.79. The van der Waals surface area contributed by atoms with Crippen molar-refractivity contribution in [2.75, 3.05) is 33.2 Å². The average molecular weight is 505 g/mol. The van der Waals surface area contributed by atoms with E-state index in [1.54, 1.807) is 0 Å². The number of hydrogen-bond acceptors (Lipinski definition) is 8. The van der Waals surface area contributed by atoms with E-state index in [9.17, 15) is 0 Å². The third-order valence-corrected chi connectivity index (χ3v) is 5.53. The van der Waals surface area contributed by atoms with Gasteiger partial charge >= 0.3 is 0 Å². The van der Waals surface area contributed by atoms with Crippen molar-refractivity contribution in [1.29, 1.82) is 0 Å². The fraction of sp³-hybridized carbons (Fsp3) is 0. The van der Waals surface area contributed by atoms with Crippen LogP contribution in [-0.2, 0) is 0 Å². The number of anilines is 6. The van der Waals surface area contributed by atoms with Crippen molar-refractivity contribution in [3.63, 3.8) is 0 Å². The second-order valence-corrected chi connectivity index (χ2v) is 8.47. The van der Waals surface area contributed by atoms with Crippen LogP contribution in [0.5, 0.6) is 23.0 Å². The van der Waals surface area contributed by atoms with E-state index in [0.717, 1.165) is 45.6 Å². The normalized spacial score (nSPS) is 10.3. The summed E-state index contributed by atoms with van der Waals surface area (Å²) in [4.78, 5) is 0. The summed E-state index contributed by atoms with van der Waals surface area (Å²) in [7, 11) is 0. The Labute approximate surface area is 221 Å². The summed E-state index contributed by atoms with van der Waals surface area (Å²) in [5, 5.41) is 0. The second-order valence-electron chi connectivity index (χ2n) is 8.47. The van der Waals surface area contributed by atoms with Crippen LogP contribution in [0.2, 0.25) is 0 Å². The minimum Gasteiger partial charge on any atom is -0.457 e. The van der Waals surface area contributed by atoms with Gasteiger partial charge < -0.3 is 42.6 Å². The van der Waals surface area contributed by atoms with Gasteiger partial charge in [0.25, 0.3) is 0 Å². The maximum atomic E-state index is 5.96. The van der Waals surface area contributed by atoms with Crippen molar-refractivity contribution in [2.45, 2.75) is 0 Å². The molecular weight excluding hydrogens is 476 g/mol. The summed E-state index contributed by atoms with van der Waals surface area (Å²) in [6.45, 7) is 0. The van der Waals surface area contributed by atoms with Crippen LogP contribution in [0.15, 0.2) is 121 Å². The minimum atomic E-state index is 0.714. The van der Waals surface area contributed by atoms with Crippen LogP contribution in [0.25, 0.3) is 0 Å². The van der Waals surface area contributed by atoms with Crippen LogP contribution < -0.4 is 42.6 Å². The molecule has 0 heterocycles. The Balaban J connectivity index is 1.09. The molecular formula is C30H28N6O2. The lowest BCUT2D eigenvalue weighted by molar-refractivity contribution is 0.469. The molecule has 5 rings (SSSR count). The lowest BCUT2D eigenvalue weighted by atomic mass is 10.3. The molecule has 0 aliphatic rings. The molecule has 5 aromatic rings. The molecule has 0 aliphatic carbocycles. The molecule has 8 nitrogen and oxygen atoms in total. The largest absolute Gasteiger partial charge is 0.457 e. The predicted octanol–water partition coefficient (Wildman–Crippen LogP) is 7.31. The van der Waals surface area contributed by atoms with E-state index in [2.05, 4.69) is 21.7 Å². The molecule has 0 bridgehead atoms. The first-order chi connectivity index (χ1) is 18.6. The lowest BCUT2D eigenvalue weighted by Crippen LogP contribution is -2.08. The molecule has 0 atom stereocenters. The van der Waals surface area contributed by atoms with E-state index in [1.165, 1.54) is 0 Å². The Hall–Kier alpha value is -5.50. The number of nitrogen functional groups attached to an aromatic ring is 2. The molecule has 0 saturated carbocycles. The molecule has 0 aromatic heterocycles. The highest BCUT2D eigenvalue weighted by Crippen LogP contribution is 2.28. The molecule has 0 fully saturated rings. The highest BCUT2D eigenvalue weighted by molar-refractivity contribution is 5.58. The standard InChI is InChI=1S/C30H28N6O2/c31-21-1-5-23(6-2-21)33-35-25-9-13-27(14-10-25)37-29-17-19-30(20-18-29)38-28-15-11-26(12-16-28)36-34-24-7-3-22(32)4-8-24/h1-20,33-36H,31-32H2. The smallest absolute Gasteiger partial charge is 0.127 e. The number of hydrazine groups is 2. The van der Waals surface area contributed by atoms with Crippen molar-refractivity contribution in [3.05, 3.63) is 121 Å². The van der Waals surface area contributed by atoms with Crippen LogP contribution in [0, 0.1) is 0 Å². The Bertz CT molecular complexity index is 1320. The topological polar surface area (TPSA) is 119 Å². The highest BCUT2D eigenvalue weighted by Gasteiger charge is 2.02. The monoisotopic (exact) mass is 504 g/mol. The van der Waals surface area contributed by atoms with Crippen molar-refractivity contribution in [3.8, 4) is 23.0 Å². The summed E-state index contributed by atoms with van der Waals surface area (Å²) >= 11 is 0. The first kappa shape index (κ1) is 24.2. The van der Waals surface area contributed by atoms with Crippen LogP contribution in [0.4, 0.5) is 34.1 Å². The summed E-state index contributed by atoms with van der Waals surface area (Å²) in [6.07, 6.45) is 0. The Morgan fingerprint density at radius 1 is 0.316 bits per heavy atom. The van der Waals surface area contributed by atoms with E-state index < -0.39 is 0 Å². The van der Waals surface area contributed by atoms with E-state index in [0.29, 0.717) is 11.5 Å². The van der Waals surface area contributed by atoms with Crippen molar-refractivity contribution >= 4 is 34.1 Å². The first-order valence-corrected chi connectivity index (χ1v) is 12.0. The van der Waals surface area contributed by atoms with Crippen molar-refractivity contribution < 1.29 is 9.47 Å². The van der Waals surface area contributed by atoms with Crippen LogP contribution in [0.3, 0.4) is 0 Å². The highest BCUT2D eigenvalue weighted by atomic mass is 16.5. The van der Waals surface area contributed by atoms with Gasteiger partial charge in [-0.25, -0.2) is 0 Å². The lowest BCUT2D eigenvalue weighted by Gasteiger charge is -2.12. The molecule has 0 aliphatic heterocycles. The number of hydrogen-bond donors (Lipinski definition) is 6. The molecule has 8 N–H and O–H groups in total. The third-order valence-electron chi connectivity index (χ3n) is 5.53. The fourth-order valence-electron chi connectivity index (χ4n) is 3.48. The van der Waals surface area contributed by atoms with Crippen LogP contribution >= 0.6 is 0 Å². The van der Waals surface area contributed by atoms with Gasteiger partial charge in [0, 0.05) is 11.4 Å². The molecule has 8 heteroatoms. The quantitative estimate of drug-likeness (QED) is 0.0865. The summed E-state index contributed by atoms with van der Waals surface area (Å²) in [6, 6.07) is 37.8. The van der Waals surface area contributed by atoms with Gasteiger partial charge in [-0.2, -0.15) is 0 Å². The molecule has 38 heavy (non-hydrogen) atoms. The zero-order chi connectivity index (χ0) is 26.2. The van der Waals surface area contributed by atoms with Gasteiger partial charge in [-0.1, -0.05) is 0 Å². The summed E-state index contributed by atoms with van der Waals surface area (Å²) in [5.74, 6) is 2.89. The number of ether oxygens (including phenoxy) is 2. The van der Waals surface area contributed by atoms with Gasteiger partial charge in [0.05, 0.1) is 22.7 Å². The van der Waals surface area contributed by atoms with Gasteiger partial charge in [0.1, 0.15) is 23.0 Å². The molecule has 0 spiro atoms. The van der Waals surface area contributed by atoms with E-state index >= 15 is 0 Å². The van der Waals surface area contributed by atoms with Crippen molar-refractivity contribution in [2.24, 2.45) is 0 Å². The van der Waals surface area contributed by atoms with Crippen LogP contribution in [-0.4, -0.2) is 0 Å². The molecule has 0 unspecified atom stereocenters. The molecule has 5 aromatic carbocycles. The van der Waals surface area contributed by atoms with E-state index in [4.69, 9.17) is 20.9 Å². The Morgan fingerprint density at radius 3 is 0.789 bits per heavy atom. The summed E-state index contributed by atoms with van der Waals surface area (Å²) in [5.41, 5.74) is 29.1. The summed E-state index contributed by atoms with van der Waals surface area (Å²) < 4.78 is 11.9. The van der Waals surface area contributed by atoms with Crippen molar-refractivity contribution in [1.82, 2.24) is 0 Å². The van der Waals surface area contributed by atoms with E-state index in [1.807, 2.05) is 121 Å². The molecule has 0 amide bonds. The first-order valence-electron chi connectivity index (χ1n) is 12.0. The fourth-order valence-corrected chi connectivity index (χ4v) is 3.48. The maximum Gasteiger partial charge on any atom is 0.127 e. The Morgan fingerprint density at radius 2 is 0.526 bits per heavy atom. The van der Waals surface area contributed by atoms with Gasteiger partial charge in [0.2, 0.25) is 0 Å². The van der Waals surface area contributed by atoms with Gasteiger partial charge in [-0.15, -0.1) is 0 Å². The zero-order valence-corrected chi connectivity index (χ0v) is 20.5. The Kier molecular flexibility index (Phi) is 7.32. The molecule has 190 valence electrons. The number of nitrogens with one attached hydrogen (secondary N) is 4. The average Bonchev–Trinajstić information content (AvgIpc) is 2.95. The number of benzene rings is 5. The SMILES string of the molecule is Nc1ccc(NNc2ccc(Oc3ccc(Oc4ccc(NNc5ccc(N)cc5)cc4)cc3)cc2)cc1. The number of rotatable bonds is 10. The predicted molar refractivity (Wildman–Crippen MR) is 156 cm³/mol. The molecule has 0 radical (unpaired) electrons.